The van der Waals surface area contributed by atoms with Gasteiger partial charge in [0, 0.05) is 12.4 Å². The first kappa shape index (κ1) is 26.1. The Kier molecular flexibility index (Phi) is 7.42. The Balaban J connectivity index is 1.72. The number of rotatable bonds is 6. The summed E-state index contributed by atoms with van der Waals surface area (Å²) in [5, 5.41) is 14.1. The van der Waals surface area contributed by atoms with Gasteiger partial charge in [-0.3, -0.25) is 9.13 Å². The number of benzene rings is 4. The molecule has 0 atom stereocenters. The van der Waals surface area contributed by atoms with Gasteiger partial charge in [-0.05, 0) is 80.1 Å². The molecule has 5 rings (SSSR count). The molecule has 1 heterocycles. The Bertz CT molecular complexity index is 1540. The molecule has 0 saturated carbocycles. The Morgan fingerprint density at radius 3 is 1.31 bits per heavy atom. The summed E-state index contributed by atoms with van der Waals surface area (Å²) >= 11 is 0. The predicted octanol–water partition coefficient (Wildman–Crippen LogP) is 8.18. The number of imidazole rings is 1. The van der Waals surface area contributed by atoms with Crippen molar-refractivity contribution in [3.8, 4) is 11.4 Å². The molecular weight excluding hydrogens is 478 g/mol. The van der Waals surface area contributed by atoms with Crippen molar-refractivity contribution in [2.75, 3.05) is 0 Å². The van der Waals surface area contributed by atoms with Crippen LogP contribution in [0.5, 0.6) is 0 Å². The van der Waals surface area contributed by atoms with E-state index in [9.17, 15) is 0 Å². The molecule has 0 unspecified atom stereocenters. The average molecular weight is 514 g/mol. The van der Waals surface area contributed by atoms with E-state index in [1.54, 1.807) is 0 Å². The maximum Gasteiger partial charge on any atom is 0.240 e. The molecule has 0 aliphatic heterocycles. The largest absolute Gasteiger partial charge is 0.284 e. The summed E-state index contributed by atoms with van der Waals surface area (Å²) in [6.45, 7) is 12.8. The highest BCUT2D eigenvalue weighted by atomic mass is 15.4. The van der Waals surface area contributed by atoms with Gasteiger partial charge in [0.15, 0.2) is 0 Å². The molecule has 5 heteroatoms. The third kappa shape index (κ3) is 5.39. The molecule has 1 aromatic heterocycles. The molecular formula is C34H35N5. The zero-order chi connectivity index (χ0) is 27.5. The van der Waals surface area contributed by atoms with Crippen LogP contribution >= 0.6 is 0 Å². The highest BCUT2D eigenvalue weighted by Crippen LogP contribution is 2.27. The van der Waals surface area contributed by atoms with Gasteiger partial charge in [0.05, 0.1) is 11.4 Å². The van der Waals surface area contributed by atoms with E-state index in [0.717, 1.165) is 22.5 Å². The van der Waals surface area contributed by atoms with Crippen molar-refractivity contribution in [1.82, 2.24) is 9.13 Å². The van der Waals surface area contributed by atoms with Crippen LogP contribution in [0.1, 0.15) is 50.5 Å². The van der Waals surface area contributed by atoms with E-state index in [1.165, 1.54) is 33.4 Å². The molecule has 0 amide bonds. The van der Waals surface area contributed by atoms with Crippen molar-refractivity contribution in [2.45, 2.75) is 47.6 Å². The second-order valence-corrected chi connectivity index (χ2v) is 10.4. The minimum atomic E-state index is -0.251. The molecule has 0 N–H and O–H groups in total. The number of nitrogens with zero attached hydrogens (tertiary/aromatic N) is 5. The smallest absolute Gasteiger partial charge is 0.240 e. The van der Waals surface area contributed by atoms with Gasteiger partial charge in [0.25, 0.3) is 0 Å². The lowest BCUT2D eigenvalue weighted by Crippen LogP contribution is -2.25. The third-order valence-corrected chi connectivity index (χ3v) is 7.08. The van der Waals surface area contributed by atoms with E-state index in [2.05, 4.69) is 117 Å². The van der Waals surface area contributed by atoms with E-state index in [4.69, 9.17) is 10.2 Å². The Hall–Kier alpha value is -4.51. The van der Waals surface area contributed by atoms with Crippen molar-refractivity contribution in [3.63, 3.8) is 0 Å². The van der Waals surface area contributed by atoms with E-state index in [1.807, 2.05) is 36.4 Å². The molecule has 0 aliphatic rings. The number of aromatic nitrogens is 2. The Labute approximate surface area is 230 Å². The van der Waals surface area contributed by atoms with Gasteiger partial charge in [0.1, 0.15) is 6.04 Å². The standard InChI is InChI=1S/C34H35N5/c1-23-19-25(3)32(26(4)20-23)38-17-18-39(33-27(5)21-24(2)22-28(33)6)34(38)36-37-35-31(29-13-9-7-10-14-29)30-15-11-8-12-16-30/h7-22,31H,1-6H3. The highest BCUT2D eigenvalue weighted by molar-refractivity contribution is 5.52. The van der Waals surface area contributed by atoms with Crippen LogP contribution in [-0.2, 0) is 0 Å². The summed E-state index contributed by atoms with van der Waals surface area (Å²) < 4.78 is 4.25. The van der Waals surface area contributed by atoms with Gasteiger partial charge < -0.3 is 0 Å². The van der Waals surface area contributed by atoms with Crippen LogP contribution < -0.4 is 5.62 Å². The number of aryl methyl sites for hydroxylation is 6. The molecule has 0 spiro atoms. The SMILES string of the molecule is Cc1cc(C)c(-n2ccn(-c3c(C)cc(C)cc3C)c2=NN=NC(c2ccccc2)c2ccccc2)c(C)c1. The summed E-state index contributed by atoms with van der Waals surface area (Å²) in [5.41, 5.74) is 12.3. The van der Waals surface area contributed by atoms with Gasteiger partial charge in [-0.25, -0.2) is 0 Å². The molecule has 5 aromatic rings. The van der Waals surface area contributed by atoms with Crippen LogP contribution in [0.25, 0.3) is 11.4 Å². The second-order valence-electron chi connectivity index (χ2n) is 10.4. The molecule has 39 heavy (non-hydrogen) atoms. The fourth-order valence-electron chi connectivity index (χ4n) is 5.65. The topological polar surface area (TPSA) is 46.9 Å². The lowest BCUT2D eigenvalue weighted by Gasteiger charge is -2.15. The first-order valence-electron chi connectivity index (χ1n) is 13.3. The maximum atomic E-state index is 4.80. The van der Waals surface area contributed by atoms with Gasteiger partial charge in [-0.2, -0.15) is 5.11 Å². The zero-order valence-electron chi connectivity index (χ0n) is 23.6. The van der Waals surface area contributed by atoms with Gasteiger partial charge in [-0.1, -0.05) is 101 Å². The number of hydrogen-bond acceptors (Lipinski definition) is 2. The fourth-order valence-corrected chi connectivity index (χ4v) is 5.65. The molecule has 0 radical (unpaired) electrons. The van der Waals surface area contributed by atoms with Crippen molar-refractivity contribution < 1.29 is 0 Å². The molecule has 5 nitrogen and oxygen atoms in total. The molecule has 0 bridgehead atoms. The van der Waals surface area contributed by atoms with Crippen molar-refractivity contribution in [2.24, 2.45) is 15.4 Å². The quantitative estimate of drug-likeness (QED) is 0.162. The van der Waals surface area contributed by atoms with E-state index in [-0.39, 0.29) is 6.04 Å². The summed E-state index contributed by atoms with van der Waals surface area (Å²) in [4.78, 5) is 0. The van der Waals surface area contributed by atoms with Crippen molar-refractivity contribution >= 4 is 0 Å². The second kappa shape index (κ2) is 11.1. The minimum absolute atomic E-state index is 0.251. The van der Waals surface area contributed by atoms with E-state index in [0.29, 0.717) is 5.62 Å². The predicted molar refractivity (Wildman–Crippen MR) is 159 cm³/mol. The first-order chi connectivity index (χ1) is 18.8. The molecule has 0 fully saturated rings. The van der Waals surface area contributed by atoms with Gasteiger partial charge in [-0.15, -0.1) is 0 Å². The van der Waals surface area contributed by atoms with Crippen LogP contribution in [0.3, 0.4) is 0 Å². The summed E-state index contributed by atoms with van der Waals surface area (Å²) in [5.74, 6) is 0. The summed E-state index contributed by atoms with van der Waals surface area (Å²) in [7, 11) is 0. The van der Waals surface area contributed by atoms with Crippen LogP contribution in [0, 0.1) is 41.5 Å². The van der Waals surface area contributed by atoms with Crippen LogP contribution in [0.2, 0.25) is 0 Å². The van der Waals surface area contributed by atoms with Crippen LogP contribution in [0.4, 0.5) is 0 Å². The van der Waals surface area contributed by atoms with Gasteiger partial charge >= 0.3 is 0 Å². The first-order valence-corrected chi connectivity index (χ1v) is 13.3. The third-order valence-electron chi connectivity index (χ3n) is 7.08. The maximum absolute atomic E-state index is 4.80. The van der Waals surface area contributed by atoms with Gasteiger partial charge in [0.2, 0.25) is 5.62 Å². The summed E-state index contributed by atoms with van der Waals surface area (Å²) in [6, 6.07) is 29.1. The van der Waals surface area contributed by atoms with Crippen LogP contribution in [-0.4, -0.2) is 9.13 Å². The molecule has 0 saturated heterocycles. The van der Waals surface area contributed by atoms with E-state index < -0.39 is 0 Å². The lowest BCUT2D eigenvalue weighted by molar-refractivity contribution is 0.735. The van der Waals surface area contributed by atoms with Crippen LogP contribution in [0.15, 0.2) is 113 Å². The lowest BCUT2D eigenvalue weighted by atomic mass is 10.00. The molecule has 196 valence electrons. The monoisotopic (exact) mass is 513 g/mol. The molecule has 4 aromatic carbocycles. The zero-order valence-corrected chi connectivity index (χ0v) is 23.6. The fraction of sp³-hybridized carbons (Fsp3) is 0.206. The Morgan fingerprint density at radius 2 is 0.923 bits per heavy atom. The average Bonchev–Trinajstić information content (AvgIpc) is 3.29. The Morgan fingerprint density at radius 1 is 0.538 bits per heavy atom. The molecule has 0 aliphatic carbocycles. The number of hydrogen-bond donors (Lipinski definition) is 0. The minimum Gasteiger partial charge on any atom is -0.284 e. The van der Waals surface area contributed by atoms with Crippen molar-refractivity contribution in [1.29, 1.82) is 0 Å². The highest BCUT2D eigenvalue weighted by Gasteiger charge is 2.15. The normalized spacial score (nSPS) is 11.5. The van der Waals surface area contributed by atoms with E-state index >= 15 is 0 Å². The van der Waals surface area contributed by atoms with Crippen molar-refractivity contribution in [3.05, 3.63) is 147 Å². The summed E-state index contributed by atoms with van der Waals surface area (Å²) in [6.07, 6.45) is 4.15.